The lowest BCUT2D eigenvalue weighted by molar-refractivity contribution is -0.147. The molecule has 0 N–H and O–H groups in total. The summed E-state index contributed by atoms with van der Waals surface area (Å²) in [5.74, 6) is -0.0833. The summed E-state index contributed by atoms with van der Waals surface area (Å²) in [7, 11) is 0. The molecule has 0 aromatic heterocycles. The molecule has 1 fully saturated rings. The second kappa shape index (κ2) is 8.11. The minimum atomic E-state index is -0.0833. The molecular formula is C11H19BrO3. The van der Waals surface area contributed by atoms with Crippen molar-refractivity contribution in [2.45, 2.75) is 44.6 Å². The molecule has 1 unspecified atom stereocenters. The smallest absolute Gasteiger partial charge is 0.305 e. The predicted octanol–water partition coefficient (Wildman–Crippen LogP) is 2.66. The van der Waals surface area contributed by atoms with Crippen LogP contribution in [-0.2, 0) is 14.3 Å². The molecule has 0 aromatic rings. The molecule has 1 aliphatic heterocycles. The average Bonchev–Trinajstić information content (AvgIpc) is 2.74. The Bertz CT molecular complexity index is 179. The quantitative estimate of drug-likeness (QED) is 0.408. The fraction of sp³-hybridized carbons (Fsp3) is 0.909. The van der Waals surface area contributed by atoms with Gasteiger partial charge in [0, 0.05) is 18.4 Å². The molecule has 0 aromatic carbocycles. The monoisotopic (exact) mass is 278 g/mol. The fourth-order valence-corrected chi connectivity index (χ4v) is 1.97. The van der Waals surface area contributed by atoms with Gasteiger partial charge < -0.3 is 9.47 Å². The van der Waals surface area contributed by atoms with Crippen LogP contribution in [0, 0.1) is 0 Å². The van der Waals surface area contributed by atoms with E-state index in [1.54, 1.807) is 0 Å². The van der Waals surface area contributed by atoms with Crippen molar-refractivity contribution in [1.82, 2.24) is 0 Å². The van der Waals surface area contributed by atoms with Crippen molar-refractivity contribution in [3.8, 4) is 0 Å². The van der Waals surface area contributed by atoms with Crippen LogP contribution < -0.4 is 0 Å². The summed E-state index contributed by atoms with van der Waals surface area (Å²) in [6.07, 6.45) is 5.94. The van der Waals surface area contributed by atoms with E-state index in [4.69, 9.17) is 9.47 Å². The van der Waals surface area contributed by atoms with Crippen LogP contribution in [0.4, 0.5) is 0 Å². The van der Waals surface area contributed by atoms with Gasteiger partial charge in [-0.1, -0.05) is 22.4 Å². The van der Waals surface area contributed by atoms with E-state index in [1.165, 1.54) is 0 Å². The van der Waals surface area contributed by atoms with Gasteiger partial charge in [0.05, 0.1) is 6.10 Å². The summed E-state index contributed by atoms with van der Waals surface area (Å²) in [6.45, 7) is 1.25. The minimum Gasteiger partial charge on any atom is -0.463 e. The Morgan fingerprint density at radius 2 is 2.27 bits per heavy atom. The SMILES string of the molecule is O=C(CCCCCBr)OCC1CCCO1. The number of carbonyl (C=O) groups excluding carboxylic acids is 1. The lowest BCUT2D eigenvalue weighted by atomic mass is 10.2. The average molecular weight is 279 g/mol. The van der Waals surface area contributed by atoms with Gasteiger partial charge in [-0.05, 0) is 25.7 Å². The van der Waals surface area contributed by atoms with Gasteiger partial charge in [0.15, 0.2) is 0 Å². The van der Waals surface area contributed by atoms with Gasteiger partial charge >= 0.3 is 5.97 Å². The number of esters is 1. The fourth-order valence-electron chi connectivity index (χ4n) is 1.57. The molecule has 88 valence electrons. The van der Waals surface area contributed by atoms with Gasteiger partial charge in [-0.25, -0.2) is 0 Å². The third kappa shape index (κ3) is 6.15. The number of hydrogen-bond donors (Lipinski definition) is 0. The number of rotatable bonds is 7. The molecule has 1 atom stereocenters. The van der Waals surface area contributed by atoms with Crippen molar-refractivity contribution in [2.75, 3.05) is 18.5 Å². The molecule has 0 radical (unpaired) electrons. The molecule has 0 aliphatic carbocycles. The van der Waals surface area contributed by atoms with E-state index >= 15 is 0 Å². The zero-order chi connectivity index (χ0) is 10.9. The van der Waals surface area contributed by atoms with Crippen LogP contribution in [0.3, 0.4) is 0 Å². The van der Waals surface area contributed by atoms with Gasteiger partial charge in [-0.3, -0.25) is 4.79 Å². The van der Waals surface area contributed by atoms with Crippen LogP contribution in [0.25, 0.3) is 0 Å². The molecule has 3 nitrogen and oxygen atoms in total. The van der Waals surface area contributed by atoms with E-state index in [1.807, 2.05) is 0 Å². The highest BCUT2D eigenvalue weighted by Gasteiger charge is 2.17. The lowest BCUT2D eigenvalue weighted by Crippen LogP contribution is -2.17. The maximum absolute atomic E-state index is 11.3. The molecule has 0 saturated carbocycles. The first-order valence-corrected chi connectivity index (χ1v) is 6.78. The number of alkyl halides is 1. The lowest BCUT2D eigenvalue weighted by Gasteiger charge is -2.09. The van der Waals surface area contributed by atoms with Crippen LogP contribution in [0.2, 0.25) is 0 Å². The Morgan fingerprint density at radius 3 is 2.93 bits per heavy atom. The number of unbranched alkanes of at least 4 members (excludes halogenated alkanes) is 2. The summed E-state index contributed by atoms with van der Waals surface area (Å²) in [6, 6.07) is 0. The van der Waals surface area contributed by atoms with Gasteiger partial charge in [0.2, 0.25) is 0 Å². The van der Waals surface area contributed by atoms with Gasteiger partial charge in [0.1, 0.15) is 6.61 Å². The van der Waals surface area contributed by atoms with Gasteiger partial charge in [0.25, 0.3) is 0 Å². The van der Waals surface area contributed by atoms with Gasteiger partial charge in [-0.15, -0.1) is 0 Å². The third-order valence-electron chi connectivity index (χ3n) is 2.47. The summed E-state index contributed by atoms with van der Waals surface area (Å²) in [5, 5.41) is 1.01. The summed E-state index contributed by atoms with van der Waals surface area (Å²) in [4.78, 5) is 11.3. The number of carbonyl (C=O) groups is 1. The zero-order valence-corrected chi connectivity index (χ0v) is 10.6. The van der Waals surface area contributed by atoms with E-state index in [0.29, 0.717) is 13.0 Å². The third-order valence-corrected chi connectivity index (χ3v) is 3.03. The van der Waals surface area contributed by atoms with E-state index in [0.717, 1.165) is 44.0 Å². The topological polar surface area (TPSA) is 35.5 Å². The molecule has 0 amide bonds. The first-order valence-electron chi connectivity index (χ1n) is 5.66. The minimum absolute atomic E-state index is 0.0833. The van der Waals surface area contributed by atoms with Crippen molar-refractivity contribution in [3.05, 3.63) is 0 Å². The molecular weight excluding hydrogens is 260 g/mol. The van der Waals surface area contributed by atoms with E-state index in [9.17, 15) is 4.79 Å². The van der Waals surface area contributed by atoms with Crippen LogP contribution >= 0.6 is 15.9 Å². The maximum atomic E-state index is 11.3. The Hall–Kier alpha value is -0.0900. The van der Waals surface area contributed by atoms with Crippen LogP contribution in [-0.4, -0.2) is 30.6 Å². The summed E-state index contributed by atoms with van der Waals surface area (Å²) in [5.41, 5.74) is 0. The van der Waals surface area contributed by atoms with Crippen molar-refractivity contribution in [3.63, 3.8) is 0 Å². The van der Waals surface area contributed by atoms with E-state index in [-0.39, 0.29) is 12.1 Å². The summed E-state index contributed by atoms with van der Waals surface area (Å²) < 4.78 is 10.5. The van der Waals surface area contributed by atoms with Crippen molar-refractivity contribution >= 4 is 21.9 Å². The molecule has 0 spiro atoms. The number of hydrogen-bond acceptors (Lipinski definition) is 3. The Balaban J connectivity index is 1.93. The molecule has 1 rings (SSSR count). The van der Waals surface area contributed by atoms with E-state index < -0.39 is 0 Å². The van der Waals surface area contributed by atoms with Crippen LogP contribution in [0.1, 0.15) is 38.5 Å². The second-order valence-corrected chi connectivity index (χ2v) is 4.61. The van der Waals surface area contributed by atoms with E-state index in [2.05, 4.69) is 15.9 Å². The number of halogens is 1. The van der Waals surface area contributed by atoms with Crippen LogP contribution in [0.15, 0.2) is 0 Å². The highest BCUT2D eigenvalue weighted by atomic mass is 79.9. The highest BCUT2D eigenvalue weighted by Crippen LogP contribution is 2.12. The highest BCUT2D eigenvalue weighted by molar-refractivity contribution is 9.09. The molecule has 1 saturated heterocycles. The Morgan fingerprint density at radius 1 is 1.40 bits per heavy atom. The normalized spacial score (nSPS) is 20.5. The second-order valence-electron chi connectivity index (χ2n) is 3.82. The largest absolute Gasteiger partial charge is 0.463 e. The Labute approximate surface area is 99.6 Å². The first-order chi connectivity index (χ1) is 7.33. The van der Waals surface area contributed by atoms with Crippen molar-refractivity contribution in [1.29, 1.82) is 0 Å². The Kier molecular flexibility index (Phi) is 7.01. The first kappa shape index (κ1) is 13.0. The standard InChI is InChI=1S/C11H19BrO3/c12-7-3-1-2-6-11(13)15-9-10-5-4-8-14-10/h10H,1-9H2. The predicted molar refractivity (Wildman–Crippen MR) is 62.2 cm³/mol. The zero-order valence-electron chi connectivity index (χ0n) is 9.04. The molecule has 1 aliphatic rings. The van der Waals surface area contributed by atoms with Gasteiger partial charge in [-0.2, -0.15) is 0 Å². The molecule has 1 heterocycles. The maximum Gasteiger partial charge on any atom is 0.305 e. The summed E-state index contributed by atoms with van der Waals surface area (Å²) >= 11 is 3.36. The van der Waals surface area contributed by atoms with Crippen molar-refractivity contribution in [2.24, 2.45) is 0 Å². The molecule has 4 heteroatoms. The molecule has 0 bridgehead atoms. The van der Waals surface area contributed by atoms with Crippen LogP contribution in [0.5, 0.6) is 0 Å². The molecule has 15 heavy (non-hydrogen) atoms. The van der Waals surface area contributed by atoms with Crippen molar-refractivity contribution < 1.29 is 14.3 Å². The number of ether oxygens (including phenoxy) is 2.